The van der Waals surface area contributed by atoms with E-state index in [1.807, 2.05) is 13.8 Å². The number of carbonyl (C=O) groups is 5. The molecule has 0 bridgehead atoms. The number of guanidine groups is 1. The van der Waals surface area contributed by atoms with Crippen molar-refractivity contribution in [1.29, 1.82) is 0 Å². The molecule has 0 heterocycles. The summed E-state index contributed by atoms with van der Waals surface area (Å²) in [6, 6.07) is 3.07. The van der Waals surface area contributed by atoms with Gasteiger partial charge in [-0.25, -0.2) is 0 Å². The van der Waals surface area contributed by atoms with Crippen LogP contribution >= 0.6 is 0 Å². The highest BCUT2D eigenvalue weighted by molar-refractivity contribution is 5.95. The Bertz CT molecular complexity index is 1180. The Balaban J connectivity index is 2.31. The van der Waals surface area contributed by atoms with Crippen LogP contribution in [0.5, 0.6) is 0 Å². The maximum atomic E-state index is 13.9. The molecule has 250 valence electrons. The minimum absolute atomic E-state index is 0.0772. The first-order valence-electron chi connectivity index (χ1n) is 15.6. The van der Waals surface area contributed by atoms with E-state index in [0.29, 0.717) is 31.4 Å². The number of hydrogen-bond donors (Lipinski definition) is 8. The molecule has 1 fully saturated rings. The average Bonchev–Trinajstić information content (AvgIpc) is 2.97. The summed E-state index contributed by atoms with van der Waals surface area (Å²) in [6.07, 6.45) is 5.25. The summed E-state index contributed by atoms with van der Waals surface area (Å²) in [5.41, 5.74) is 23.5. The molecule has 0 aromatic heterocycles. The SMILES string of the molecule is CC(=O)N[C@@H](Cc1ccc(N)cc1)C(=O)N[C@H](C(=O)N[C@@H](CCCN=C(N)N)C(=O)N[C@@H](CC(C)C)C(N)=O)C1CCCCC1. The molecule has 2 rings (SSSR count). The second-order valence-corrected chi connectivity index (χ2v) is 12.2. The van der Waals surface area contributed by atoms with E-state index in [4.69, 9.17) is 22.9 Å². The van der Waals surface area contributed by atoms with Gasteiger partial charge >= 0.3 is 0 Å². The highest BCUT2D eigenvalue weighted by Gasteiger charge is 2.35. The lowest BCUT2D eigenvalue weighted by atomic mass is 9.83. The molecule has 0 aliphatic heterocycles. The zero-order valence-corrected chi connectivity index (χ0v) is 26.6. The number of benzene rings is 1. The summed E-state index contributed by atoms with van der Waals surface area (Å²) >= 11 is 0. The maximum absolute atomic E-state index is 13.9. The van der Waals surface area contributed by atoms with Crippen LogP contribution in [-0.2, 0) is 30.4 Å². The monoisotopic (exact) mass is 629 g/mol. The fraction of sp³-hybridized carbons (Fsp3) is 0.613. The highest BCUT2D eigenvalue weighted by Crippen LogP contribution is 2.27. The van der Waals surface area contributed by atoms with Crippen molar-refractivity contribution in [3.63, 3.8) is 0 Å². The van der Waals surface area contributed by atoms with Gasteiger partial charge in [-0.2, -0.15) is 0 Å². The molecule has 0 saturated heterocycles. The molecule has 1 aliphatic rings. The van der Waals surface area contributed by atoms with E-state index in [9.17, 15) is 24.0 Å². The average molecular weight is 630 g/mol. The molecule has 0 spiro atoms. The third kappa shape index (κ3) is 13.4. The van der Waals surface area contributed by atoms with Gasteiger partial charge in [0, 0.05) is 25.6 Å². The molecule has 1 aromatic carbocycles. The van der Waals surface area contributed by atoms with Gasteiger partial charge in [0.15, 0.2) is 5.96 Å². The lowest BCUT2D eigenvalue weighted by Crippen LogP contribution is -2.60. The first-order chi connectivity index (χ1) is 21.3. The summed E-state index contributed by atoms with van der Waals surface area (Å²) in [5, 5.41) is 11.1. The molecule has 0 radical (unpaired) electrons. The zero-order valence-electron chi connectivity index (χ0n) is 26.6. The van der Waals surface area contributed by atoms with E-state index in [1.54, 1.807) is 24.3 Å². The van der Waals surface area contributed by atoms with Gasteiger partial charge in [0.1, 0.15) is 24.2 Å². The van der Waals surface area contributed by atoms with Crippen LogP contribution in [0.15, 0.2) is 29.3 Å². The molecule has 14 heteroatoms. The fourth-order valence-corrected chi connectivity index (χ4v) is 5.49. The maximum Gasteiger partial charge on any atom is 0.243 e. The predicted octanol–water partition coefficient (Wildman–Crippen LogP) is -0.0643. The zero-order chi connectivity index (χ0) is 33.5. The molecule has 45 heavy (non-hydrogen) atoms. The number of hydrogen-bond acceptors (Lipinski definition) is 7. The number of nitrogen functional groups attached to an aromatic ring is 1. The Hall–Kier alpha value is -4.36. The molecular formula is C31H51N9O5. The van der Waals surface area contributed by atoms with E-state index in [1.165, 1.54) is 6.92 Å². The lowest BCUT2D eigenvalue weighted by molar-refractivity contribution is -0.135. The molecule has 5 amide bonds. The number of amides is 5. The van der Waals surface area contributed by atoms with Crippen molar-refractivity contribution >= 4 is 41.2 Å². The number of anilines is 1. The number of rotatable bonds is 17. The number of carbonyl (C=O) groups excluding carboxylic acids is 5. The molecule has 4 atom stereocenters. The quantitative estimate of drug-likeness (QED) is 0.0500. The Morgan fingerprint density at radius 2 is 1.42 bits per heavy atom. The van der Waals surface area contributed by atoms with E-state index < -0.39 is 53.7 Å². The van der Waals surface area contributed by atoms with E-state index >= 15 is 0 Å². The van der Waals surface area contributed by atoms with Crippen LogP contribution in [0.2, 0.25) is 0 Å². The number of primary amides is 1. The number of aliphatic imine (C=N–C) groups is 1. The topological polar surface area (TPSA) is 250 Å². The van der Waals surface area contributed by atoms with E-state index in [0.717, 1.165) is 24.8 Å². The van der Waals surface area contributed by atoms with Crippen molar-refractivity contribution in [3.8, 4) is 0 Å². The number of nitrogens with zero attached hydrogens (tertiary/aromatic N) is 1. The summed E-state index contributed by atoms with van der Waals surface area (Å²) in [7, 11) is 0. The van der Waals surface area contributed by atoms with Gasteiger partial charge in [-0.05, 0) is 61.6 Å². The molecule has 12 N–H and O–H groups in total. The minimum atomic E-state index is -1.05. The fourth-order valence-electron chi connectivity index (χ4n) is 5.49. The predicted molar refractivity (Wildman–Crippen MR) is 173 cm³/mol. The van der Waals surface area contributed by atoms with Gasteiger partial charge in [-0.3, -0.25) is 29.0 Å². The molecule has 14 nitrogen and oxygen atoms in total. The van der Waals surface area contributed by atoms with Gasteiger partial charge in [0.2, 0.25) is 29.5 Å². The standard InChI is InChI=1S/C31H51N9O5/c1-18(2)16-24(27(33)42)39-28(43)23(10-7-15-36-31(34)35)38-30(45)26(21-8-5-4-6-9-21)40-29(44)25(37-19(3)41)17-20-11-13-22(32)14-12-20/h11-14,18,21,23-26H,4-10,15-17,32H2,1-3H3,(H2,33,42)(H,37,41)(H,38,45)(H,39,43)(H,40,44)(H4,34,35,36)/t23-,24-,25-,26-/m0/s1. The molecule has 0 unspecified atom stereocenters. The normalized spacial score (nSPS) is 16.0. The second-order valence-electron chi connectivity index (χ2n) is 12.2. The first kappa shape index (κ1) is 36.8. The van der Waals surface area contributed by atoms with Crippen LogP contribution < -0.4 is 44.2 Å². The third-order valence-electron chi connectivity index (χ3n) is 7.76. The van der Waals surface area contributed by atoms with Crippen molar-refractivity contribution < 1.29 is 24.0 Å². The highest BCUT2D eigenvalue weighted by atomic mass is 16.2. The Morgan fingerprint density at radius 3 is 1.98 bits per heavy atom. The van der Waals surface area contributed by atoms with Gasteiger partial charge < -0.3 is 44.2 Å². The van der Waals surface area contributed by atoms with Crippen LogP contribution in [0.3, 0.4) is 0 Å². The van der Waals surface area contributed by atoms with Crippen LogP contribution in [0.1, 0.15) is 77.7 Å². The van der Waals surface area contributed by atoms with Gasteiger partial charge in [-0.15, -0.1) is 0 Å². The third-order valence-corrected chi connectivity index (χ3v) is 7.76. The second kappa shape index (κ2) is 18.4. The molecule has 1 saturated carbocycles. The van der Waals surface area contributed by atoms with Crippen LogP contribution in [0, 0.1) is 11.8 Å². The summed E-state index contributed by atoms with van der Waals surface area (Å²) in [5.74, 6) is -2.91. The van der Waals surface area contributed by atoms with Crippen molar-refractivity contribution in [2.45, 2.75) is 103 Å². The van der Waals surface area contributed by atoms with Gasteiger partial charge in [-0.1, -0.05) is 45.2 Å². The summed E-state index contributed by atoms with van der Waals surface area (Å²) in [6.45, 7) is 5.34. The molecule has 1 aliphatic carbocycles. The minimum Gasteiger partial charge on any atom is -0.399 e. The van der Waals surface area contributed by atoms with Crippen LogP contribution in [0.4, 0.5) is 5.69 Å². The Kier molecular flexibility index (Phi) is 15.1. The number of nitrogens with one attached hydrogen (secondary N) is 4. The number of nitrogens with two attached hydrogens (primary N) is 4. The van der Waals surface area contributed by atoms with Crippen molar-refractivity contribution in [3.05, 3.63) is 29.8 Å². The van der Waals surface area contributed by atoms with Crippen molar-refractivity contribution in [2.24, 2.45) is 34.0 Å². The Labute approximate surface area is 265 Å². The summed E-state index contributed by atoms with van der Waals surface area (Å²) < 4.78 is 0. The molecule has 1 aromatic rings. The van der Waals surface area contributed by atoms with Crippen molar-refractivity contribution in [2.75, 3.05) is 12.3 Å². The van der Waals surface area contributed by atoms with E-state index in [2.05, 4.69) is 26.3 Å². The largest absolute Gasteiger partial charge is 0.399 e. The van der Waals surface area contributed by atoms with E-state index in [-0.39, 0.29) is 37.2 Å². The van der Waals surface area contributed by atoms with Crippen LogP contribution in [0.25, 0.3) is 0 Å². The van der Waals surface area contributed by atoms with Gasteiger partial charge in [0.05, 0.1) is 0 Å². The van der Waals surface area contributed by atoms with Crippen LogP contribution in [-0.4, -0.2) is 66.2 Å². The van der Waals surface area contributed by atoms with Gasteiger partial charge in [0.25, 0.3) is 0 Å². The lowest BCUT2D eigenvalue weighted by Gasteiger charge is -2.32. The summed E-state index contributed by atoms with van der Waals surface area (Å²) in [4.78, 5) is 69.0. The smallest absolute Gasteiger partial charge is 0.243 e. The van der Waals surface area contributed by atoms with Crippen molar-refractivity contribution in [1.82, 2.24) is 21.3 Å². The molecular weight excluding hydrogens is 578 g/mol. The Morgan fingerprint density at radius 1 is 0.822 bits per heavy atom. The first-order valence-corrected chi connectivity index (χ1v) is 15.6.